The molecular weight excluding hydrogens is 460 g/mol. The maximum atomic E-state index is 13.5. The lowest BCUT2D eigenvalue weighted by Gasteiger charge is -2.25. The second-order valence-electron chi connectivity index (χ2n) is 7.16. The number of methoxy groups -OCH3 is 1. The third-order valence-corrected chi connectivity index (χ3v) is 6.97. The molecule has 0 aliphatic rings. The van der Waals surface area contributed by atoms with Crippen LogP contribution in [0, 0.1) is 0 Å². The van der Waals surface area contributed by atoms with Gasteiger partial charge in [-0.15, -0.1) is 6.58 Å². The molecule has 0 radical (unpaired) electrons. The van der Waals surface area contributed by atoms with Gasteiger partial charge < -0.3 is 10.1 Å². The molecule has 8 heteroatoms. The lowest BCUT2D eigenvalue weighted by molar-refractivity contribution is 0.0954. The number of rotatable bonds is 10. The van der Waals surface area contributed by atoms with E-state index < -0.39 is 10.0 Å². The van der Waals surface area contributed by atoms with Crippen molar-refractivity contribution in [1.82, 2.24) is 5.32 Å². The molecule has 0 heterocycles. The van der Waals surface area contributed by atoms with Crippen LogP contribution in [0.25, 0.3) is 0 Å². The van der Waals surface area contributed by atoms with Gasteiger partial charge in [-0.1, -0.05) is 48.0 Å². The van der Waals surface area contributed by atoms with Crippen molar-refractivity contribution in [2.24, 2.45) is 0 Å². The van der Waals surface area contributed by atoms with Gasteiger partial charge in [-0.2, -0.15) is 0 Å². The zero-order valence-corrected chi connectivity index (χ0v) is 19.8. The zero-order chi connectivity index (χ0) is 23.8. The molecule has 1 amide bonds. The van der Waals surface area contributed by atoms with Crippen LogP contribution in [0.4, 0.5) is 5.69 Å². The van der Waals surface area contributed by atoms with Crippen LogP contribution in [-0.4, -0.2) is 34.5 Å². The Kier molecular flexibility index (Phi) is 8.14. The SMILES string of the molecule is C=CCN(c1ccccc1OC)S(=O)(=O)c1cccc(C(=O)NCCc2ccc(Cl)cc2)c1. The summed E-state index contributed by atoms with van der Waals surface area (Å²) < 4.78 is 33.5. The number of para-hydroxylation sites is 2. The number of halogens is 1. The number of nitrogens with one attached hydrogen (secondary N) is 1. The van der Waals surface area contributed by atoms with E-state index in [1.807, 2.05) is 12.1 Å². The van der Waals surface area contributed by atoms with Gasteiger partial charge in [-0.3, -0.25) is 9.10 Å². The average molecular weight is 485 g/mol. The lowest BCUT2D eigenvalue weighted by atomic mass is 10.1. The molecule has 3 rings (SSSR count). The fourth-order valence-electron chi connectivity index (χ4n) is 3.28. The van der Waals surface area contributed by atoms with Crippen molar-refractivity contribution >= 4 is 33.2 Å². The van der Waals surface area contributed by atoms with Crippen LogP contribution in [-0.2, 0) is 16.4 Å². The first kappa shape index (κ1) is 24.4. The first-order valence-electron chi connectivity index (χ1n) is 10.3. The fraction of sp³-hybridized carbons (Fsp3) is 0.160. The second kappa shape index (κ2) is 11.0. The average Bonchev–Trinajstić information content (AvgIpc) is 2.83. The minimum absolute atomic E-state index is 0.000562. The summed E-state index contributed by atoms with van der Waals surface area (Å²) in [5.41, 5.74) is 1.68. The highest BCUT2D eigenvalue weighted by atomic mass is 35.5. The normalized spacial score (nSPS) is 11.0. The molecule has 3 aromatic rings. The van der Waals surface area contributed by atoms with E-state index in [4.69, 9.17) is 16.3 Å². The zero-order valence-electron chi connectivity index (χ0n) is 18.2. The molecule has 0 aromatic heterocycles. The van der Waals surface area contributed by atoms with Gasteiger partial charge in [0.2, 0.25) is 0 Å². The van der Waals surface area contributed by atoms with Crippen molar-refractivity contribution < 1.29 is 17.9 Å². The van der Waals surface area contributed by atoms with Crippen LogP contribution in [0.5, 0.6) is 5.75 Å². The van der Waals surface area contributed by atoms with Gasteiger partial charge in [0.25, 0.3) is 15.9 Å². The summed E-state index contributed by atoms with van der Waals surface area (Å²) in [5.74, 6) is 0.0626. The van der Waals surface area contributed by atoms with E-state index in [1.165, 1.54) is 29.6 Å². The Morgan fingerprint density at radius 2 is 1.82 bits per heavy atom. The highest BCUT2D eigenvalue weighted by Gasteiger charge is 2.27. The van der Waals surface area contributed by atoms with E-state index in [9.17, 15) is 13.2 Å². The minimum Gasteiger partial charge on any atom is -0.495 e. The predicted molar refractivity (Wildman–Crippen MR) is 132 cm³/mol. The third-order valence-electron chi connectivity index (χ3n) is 4.95. The molecule has 3 aromatic carbocycles. The smallest absolute Gasteiger partial charge is 0.264 e. The standard InChI is InChI=1S/C25H25ClN2O4S/c1-3-17-28(23-9-4-5-10-24(23)32-2)33(30,31)22-8-6-7-20(18-22)25(29)27-16-15-19-11-13-21(26)14-12-19/h3-14,18H,1,15-17H2,2H3,(H,27,29). The first-order chi connectivity index (χ1) is 15.9. The summed E-state index contributed by atoms with van der Waals surface area (Å²) >= 11 is 5.89. The Labute approximate surface area is 199 Å². The molecule has 0 spiro atoms. The van der Waals surface area contributed by atoms with Crippen LogP contribution in [0.2, 0.25) is 5.02 Å². The summed E-state index contributed by atoms with van der Waals surface area (Å²) in [5, 5.41) is 3.48. The highest BCUT2D eigenvalue weighted by Crippen LogP contribution is 2.32. The van der Waals surface area contributed by atoms with Gasteiger partial charge in [0, 0.05) is 17.1 Å². The van der Waals surface area contributed by atoms with Gasteiger partial charge in [-0.25, -0.2) is 8.42 Å². The molecule has 0 atom stereocenters. The van der Waals surface area contributed by atoms with Gasteiger partial charge >= 0.3 is 0 Å². The van der Waals surface area contributed by atoms with Gasteiger partial charge in [0.05, 0.1) is 24.2 Å². The summed E-state index contributed by atoms with van der Waals surface area (Å²) in [7, 11) is -2.50. The highest BCUT2D eigenvalue weighted by molar-refractivity contribution is 7.92. The Morgan fingerprint density at radius 3 is 2.52 bits per heavy atom. The lowest BCUT2D eigenvalue weighted by Crippen LogP contribution is -2.32. The molecule has 0 unspecified atom stereocenters. The van der Waals surface area contributed by atoms with Gasteiger partial charge in [0.15, 0.2) is 0 Å². The Hall–Kier alpha value is -3.29. The van der Waals surface area contributed by atoms with E-state index in [0.717, 1.165) is 5.56 Å². The van der Waals surface area contributed by atoms with Crippen molar-refractivity contribution in [3.8, 4) is 5.75 Å². The van der Waals surface area contributed by atoms with Crippen LogP contribution < -0.4 is 14.4 Å². The van der Waals surface area contributed by atoms with Crippen molar-refractivity contribution in [2.45, 2.75) is 11.3 Å². The Morgan fingerprint density at radius 1 is 1.09 bits per heavy atom. The topological polar surface area (TPSA) is 75.7 Å². The largest absolute Gasteiger partial charge is 0.495 e. The van der Waals surface area contributed by atoms with Gasteiger partial charge in [0.1, 0.15) is 5.75 Å². The summed E-state index contributed by atoms with van der Waals surface area (Å²) in [4.78, 5) is 12.7. The van der Waals surface area contributed by atoms with Crippen LogP contribution in [0.15, 0.2) is 90.3 Å². The number of carbonyl (C=O) groups is 1. The van der Waals surface area contributed by atoms with E-state index in [1.54, 1.807) is 48.5 Å². The maximum absolute atomic E-state index is 13.5. The predicted octanol–water partition coefficient (Wildman–Crippen LogP) is 4.70. The first-order valence-corrected chi connectivity index (χ1v) is 12.1. The third kappa shape index (κ3) is 5.94. The van der Waals surface area contributed by atoms with Crippen LogP contribution in [0.1, 0.15) is 15.9 Å². The molecule has 0 saturated heterocycles. The molecular formula is C25H25ClN2O4S. The molecule has 0 aliphatic heterocycles. The second-order valence-corrected chi connectivity index (χ2v) is 9.46. The van der Waals surface area contributed by atoms with Crippen molar-refractivity contribution in [3.05, 3.63) is 102 Å². The Balaban J connectivity index is 1.80. The number of hydrogen-bond donors (Lipinski definition) is 1. The summed E-state index contributed by atoms with van der Waals surface area (Å²) in [6, 6.07) is 20.2. The van der Waals surface area contributed by atoms with E-state index in [0.29, 0.717) is 29.4 Å². The Bertz CT molecular complexity index is 1230. The molecule has 0 fully saturated rings. The minimum atomic E-state index is -3.98. The van der Waals surface area contributed by atoms with Crippen molar-refractivity contribution in [1.29, 1.82) is 0 Å². The fourth-order valence-corrected chi connectivity index (χ4v) is 4.90. The number of anilines is 1. The summed E-state index contributed by atoms with van der Waals surface area (Å²) in [6.07, 6.45) is 2.12. The van der Waals surface area contributed by atoms with E-state index >= 15 is 0 Å². The number of nitrogens with zero attached hydrogens (tertiary/aromatic N) is 1. The number of sulfonamides is 1. The van der Waals surface area contributed by atoms with Gasteiger partial charge in [-0.05, 0) is 54.4 Å². The maximum Gasteiger partial charge on any atom is 0.264 e. The number of ether oxygens (including phenoxy) is 1. The van der Waals surface area contributed by atoms with Crippen molar-refractivity contribution in [2.75, 3.05) is 24.5 Å². The molecule has 0 saturated carbocycles. The molecule has 33 heavy (non-hydrogen) atoms. The number of carbonyl (C=O) groups excluding carboxylic acids is 1. The molecule has 0 bridgehead atoms. The van der Waals surface area contributed by atoms with E-state index in [-0.39, 0.29) is 22.9 Å². The summed E-state index contributed by atoms with van der Waals surface area (Å²) in [6.45, 7) is 4.13. The number of benzene rings is 3. The monoisotopic (exact) mass is 484 g/mol. The van der Waals surface area contributed by atoms with Crippen LogP contribution in [0.3, 0.4) is 0 Å². The van der Waals surface area contributed by atoms with E-state index in [2.05, 4.69) is 11.9 Å². The van der Waals surface area contributed by atoms with Crippen LogP contribution >= 0.6 is 11.6 Å². The molecule has 6 nitrogen and oxygen atoms in total. The number of hydrogen-bond acceptors (Lipinski definition) is 4. The van der Waals surface area contributed by atoms with Crippen molar-refractivity contribution in [3.63, 3.8) is 0 Å². The number of amides is 1. The molecule has 1 N–H and O–H groups in total. The molecule has 0 aliphatic carbocycles. The quantitative estimate of drug-likeness (QED) is 0.423. The molecule has 172 valence electrons.